The number of carbonyl (C=O) groups excluding carboxylic acids is 2. The highest BCUT2D eigenvalue weighted by molar-refractivity contribution is 5.91. The van der Waals surface area contributed by atoms with Gasteiger partial charge in [-0.25, -0.2) is 4.79 Å². The fourth-order valence-corrected chi connectivity index (χ4v) is 6.12. The summed E-state index contributed by atoms with van der Waals surface area (Å²) < 4.78 is 16.3. The van der Waals surface area contributed by atoms with Crippen molar-refractivity contribution in [3.8, 4) is 11.5 Å². The van der Waals surface area contributed by atoms with E-state index in [4.69, 9.17) is 14.2 Å². The minimum Gasteiger partial charge on any atom is -0.486 e. The van der Waals surface area contributed by atoms with E-state index < -0.39 is 5.97 Å². The van der Waals surface area contributed by atoms with Crippen LogP contribution in [-0.4, -0.2) is 31.6 Å². The molecule has 6 rings (SSSR count). The van der Waals surface area contributed by atoms with E-state index in [1.165, 1.54) is 25.3 Å². The molecule has 1 heterocycles. The largest absolute Gasteiger partial charge is 0.486 e. The Kier molecular flexibility index (Phi) is 4.41. The van der Waals surface area contributed by atoms with Gasteiger partial charge in [0.2, 0.25) is 0 Å². The Morgan fingerprint density at radius 2 is 1.64 bits per heavy atom. The number of ketones is 1. The van der Waals surface area contributed by atoms with Crippen molar-refractivity contribution in [3.63, 3.8) is 0 Å². The van der Waals surface area contributed by atoms with E-state index in [2.05, 4.69) is 0 Å². The molecule has 0 spiro atoms. The van der Waals surface area contributed by atoms with Crippen LogP contribution in [0.4, 0.5) is 0 Å². The zero-order valence-electron chi connectivity index (χ0n) is 16.0. The van der Waals surface area contributed by atoms with Gasteiger partial charge in [-0.1, -0.05) is 6.07 Å². The van der Waals surface area contributed by atoms with E-state index in [0.29, 0.717) is 42.5 Å². The first kappa shape index (κ1) is 17.8. The topological polar surface area (TPSA) is 61.8 Å². The van der Waals surface area contributed by atoms with Gasteiger partial charge in [-0.15, -0.1) is 0 Å². The van der Waals surface area contributed by atoms with Crippen molar-refractivity contribution in [2.24, 2.45) is 23.2 Å². The summed E-state index contributed by atoms with van der Waals surface area (Å²) in [7, 11) is 0. The minimum absolute atomic E-state index is 0.101. The molecular formula is C23H26O5. The highest BCUT2D eigenvalue weighted by atomic mass is 16.6. The lowest BCUT2D eigenvalue weighted by atomic mass is 9.48. The zero-order valence-corrected chi connectivity index (χ0v) is 16.0. The zero-order chi connectivity index (χ0) is 19.1. The van der Waals surface area contributed by atoms with Crippen molar-refractivity contribution in [1.29, 1.82) is 0 Å². The van der Waals surface area contributed by atoms with Gasteiger partial charge in [-0.3, -0.25) is 4.79 Å². The molecule has 4 saturated carbocycles. The number of fused-ring (bicyclic) bond motifs is 1. The maximum atomic E-state index is 12.9. The van der Waals surface area contributed by atoms with Crippen LogP contribution in [0.5, 0.6) is 11.5 Å². The Labute approximate surface area is 165 Å². The molecule has 5 aliphatic rings. The number of hydrogen-bond acceptors (Lipinski definition) is 5. The molecular weight excluding hydrogens is 356 g/mol. The molecule has 5 nitrogen and oxygen atoms in total. The third kappa shape index (κ3) is 3.31. The van der Waals surface area contributed by atoms with E-state index in [1.807, 2.05) is 18.2 Å². The molecule has 1 aromatic rings. The number of esters is 1. The number of hydrogen-bond donors (Lipinski definition) is 0. The molecule has 0 N–H and O–H groups in total. The van der Waals surface area contributed by atoms with Gasteiger partial charge in [0.05, 0.1) is 0 Å². The SMILES string of the molecule is O=C(/C=C/c1ccc2c(c1)OCCO2)OCC(=O)C12CC3CC(CC(C3)C1)C2. The fourth-order valence-electron chi connectivity index (χ4n) is 6.12. The fraction of sp³-hybridized carbons (Fsp3) is 0.565. The van der Waals surface area contributed by atoms with Crippen molar-refractivity contribution in [3.05, 3.63) is 29.8 Å². The van der Waals surface area contributed by atoms with Crippen LogP contribution in [0.15, 0.2) is 24.3 Å². The van der Waals surface area contributed by atoms with Crippen LogP contribution >= 0.6 is 0 Å². The second kappa shape index (κ2) is 6.94. The molecule has 0 unspecified atom stereocenters. The van der Waals surface area contributed by atoms with Crippen LogP contribution in [0.2, 0.25) is 0 Å². The first-order valence-electron chi connectivity index (χ1n) is 10.4. The number of rotatable bonds is 5. The van der Waals surface area contributed by atoms with Crippen LogP contribution < -0.4 is 9.47 Å². The Morgan fingerprint density at radius 3 is 2.32 bits per heavy atom. The first-order valence-corrected chi connectivity index (χ1v) is 10.4. The third-order valence-electron chi connectivity index (χ3n) is 6.95. The molecule has 0 atom stereocenters. The van der Waals surface area contributed by atoms with Gasteiger partial charge < -0.3 is 14.2 Å². The molecule has 0 radical (unpaired) electrons. The second-order valence-corrected chi connectivity index (χ2v) is 8.97. The van der Waals surface area contributed by atoms with Gasteiger partial charge in [-0.2, -0.15) is 0 Å². The highest BCUT2D eigenvalue weighted by Crippen LogP contribution is 2.60. The van der Waals surface area contributed by atoms with E-state index in [0.717, 1.165) is 24.8 Å². The molecule has 5 heteroatoms. The van der Waals surface area contributed by atoms with Gasteiger partial charge in [0.1, 0.15) is 13.2 Å². The number of benzene rings is 1. The molecule has 0 saturated heterocycles. The second-order valence-electron chi connectivity index (χ2n) is 8.97. The third-order valence-corrected chi connectivity index (χ3v) is 6.95. The maximum Gasteiger partial charge on any atom is 0.331 e. The Hall–Kier alpha value is -2.30. The maximum absolute atomic E-state index is 12.9. The predicted molar refractivity (Wildman–Crippen MR) is 103 cm³/mol. The summed E-state index contributed by atoms with van der Waals surface area (Å²) in [5.41, 5.74) is 0.614. The van der Waals surface area contributed by atoms with Gasteiger partial charge in [0.15, 0.2) is 23.9 Å². The molecule has 1 aliphatic heterocycles. The van der Waals surface area contributed by atoms with E-state index in [9.17, 15) is 9.59 Å². The molecule has 4 bridgehead atoms. The first-order chi connectivity index (χ1) is 13.6. The van der Waals surface area contributed by atoms with Crippen molar-refractivity contribution < 1.29 is 23.8 Å². The summed E-state index contributed by atoms with van der Waals surface area (Å²) in [4.78, 5) is 25.0. The van der Waals surface area contributed by atoms with Crippen LogP contribution in [0.1, 0.15) is 44.1 Å². The summed E-state index contributed by atoms with van der Waals surface area (Å²) in [6, 6.07) is 5.52. The summed E-state index contributed by atoms with van der Waals surface area (Å²) >= 11 is 0. The molecule has 4 aliphatic carbocycles. The Bertz CT molecular complexity index is 789. The summed E-state index contributed by atoms with van der Waals surface area (Å²) in [5.74, 6) is 3.18. The summed E-state index contributed by atoms with van der Waals surface area (Å²) in [6.07, 6.45) is 9.95. The van der Waals surface area contributed by atoms with E-state index in [1.54, 1.807) is 6.08 Å². The number of carbonyl (C=O) groups is 2. The molecule has 0 amide bonds. The van der Waals surface area contributed by atoms with Gasteiger partial charge >= 0.3 is 5.97 Å². The lowest BCUT2D eigenvalue weighted by Crippen LogP contribution is -2.51. The van der Waals surface area contributed by atoms with Gasteiger partial charge in [-0.05, 0) is 80.1 Å². The van der Waals surface area contributed by atoms with Crippen molar-refractivity contribution in [2.75, 3.05) is 19.8 Å². The van der Waals surface area contributed by atoms with Crippen LogP contribution in [0.25, 0.3) is 6.08 Å². The summed E-state index contributed by atoms with van der Waals surface area (Å²) in [6.45, 7) is 0.970. The van der Waals surface area contributed by atoms with E-state index in [-0.39, 0.29) is 17.8 Å². The minimum atomic E-state index is -0.479. The quantitative estimate of drug-likeness (QED) is 0.573. The molecule has 28 heavy (non-hydrogen) atoms. The van der Waals surface area contributed by atoms with Crippen molar-refractivity contribution in [2.45, 2.75) is 38.5 Å². The van der Waals surface area contributed by atoms with Crippen LogP contribution in [0.3, 0.4) is 0 Å². The standard InChI is InChI=1S/C23H26O5/c24-21(23-11-16-7-17(12-23)9-18(8-16)13-23)14-28-22(25)4-2-15-1-3-19-20(10-15)27-6-5-26-19/h1-4,10,16-18H,5-9,11-14H2/b4-2+. The lowest BCUT2D eigenvalue weighted by molar-refractivity contribution is -0.155. The van der Waals surface area contributed by atoms with Gasteiger partial charge in [0, 0.05) is 11.5 Å². The van der Waals surface area contributed by atoms with E-state index >= 15 is 0 Å². The highest BCUT2D eigenvalue weighted by Gasteiger charge is 2.54. The molecule has 148 valence electrons. The van der Waals surface area contributed by atoms with Gasteiger partial charge in [0.25, 0.3) is 0 Å². The average Bonchev–Trinajstić information content (AvgIpc) is 2.69. The number of ether oxygens (including phenoxy) is 3. The normalized spacial score (nSPS) is 32.5. The average molecular weight is 382 g/mol. The molecule has 0 aromatic heterocycles. The smallest absolute Gasteiger partial charge is 0.331 e. The molecule has 1 aromatic carbocycles. The van der Waals surface area contributed by atoms with Crippen molar-refractivity contribution in [1.82, 2.24) is 0 Å². The Balaban J connectivity index is 1.17. The lowest BCUT2D eigenvalue weighted by Gasteiger charge is -2.55. The monoisotopic (exact) mass is 382 g/mol. The predicted octanol–water partition coefficient (Wildman–Crippen LogP) is 3.80. The van der Waals surface area contributed by atoms with Crippen LogP contribution in [0, 0.1) is 23.2 Å². The van der Waals surface area contributed by atoms with Crippen LogP contribution in [-0.2, 0) is 14.3 Å². The summed E-state index contributed by atoms with van der Waals surface area (Å²) in [5, 5.41) is 0. The molecule has 4 fully saturated rings. The number of Topliss-reactive ketones (excluding diaryl/α,β-unsaturated/α-hetero) is 1. The van der Waals surface area contributed by atoms with Crippen molar-refractivity contribution >= 4 is 17.8 Å². The Morgan fingerprint density at radius 1 is 1.00 bits per heavy atom.